The van der Waals surface area contributed by atoms with Crippen molar-refractivity contribution < 1.29 is 17.4 Å². The maximum absolute atomic E-state index is 11.1. The van der Waals surface area contributed by atoms with E-state index in [0.717, 1.165) is 31.8 Å². The van der Waals surface area contributed by atoms with E-state index in [0.29, 0.717) is 6.42 Å². The Morgan fingerprint density at radius 1 is 1.25 bits per heavy atom. The molecule has 0 aliphatic rings. The first-order valence-electron chi connectivity index (χ1n) is 5.10. The molecule has 0 rings (SSSR count). The fourth-order valence-corrected chi connectivity index (χ4v) is 2.04. The second-order valence-corrected chi connectivity index (χ2v) is 4.97. The molecule has 0 unspecified atom stereocenters. The van der Waals surface area contributed by atoms with E-state index in [1.807, 2.05) is 0 Å². The molecule has 6 heteroatoms. The third-order valence-corrected chi connectivity index (χ3v) is 3.08. The van der Waals surface area contributed by atoms with E-state index in [1.165, 1.54) is 0 Å². The van der Waals surface area contributed by atoms with Crippen molar-refractivity contribution >= 4 is 34.9 Å². The molecule has 0 N–H and O–H groups in total. The van der Waals surface area contributed by atoms with Crippen LogP contribution in [0.2, 0.25) is 0 Å². The summed E-state index contributed by atoms with van der Waals surface area (Å²) in [6.07, 6.45) is 5.45. The monoisotopic (exact) mass is 242 g/mol. The zero-order valence-electron chi connectivity index (χ0n) is 9.07. The van der Waals surface area contributed by atoms with Crippen molar-refractivity contribution in [1.82, 2.24) is 0 Å². The topological polar surface area (TPSA) is 60.4 Å². The van der Waals surface area contributed by atoms with Crippen LogP contribution in [0.25, 0.3) is 0 Å². The van der Waals surface area contributed by atoms with Crippen LogP contribution in [0.1, 0.15) is 39.0 Å². The zero-order chi connectivity index (χ0) is 11.7. The second kappa shape index (κ2) is 9.95. The Bertz CT molecular complexity index is 298. The van der Waals surface area contributed by atoms with Crippen LogP contribution < -0.4 is 0 Å². The van der Waals surface area contributed by atoms with Gasteiger partial charge in [0.15, 0.2) is 0 Å². The fraction of sp³-hybridized carbons (Fsp3) is 0.700. The van der Waals surface area contributed by atoms with E-state index in [1.54, 1.807) is 0 Å². The Labute approximate surface area is 110 Å². The van der Waals surface area contributed by atoms with Crippen LogP contribution in [0.3, 0.4) is 0 Å². The summed E-state index contributed by atoms with van der Waals surface area (Å²) in [5.41, 5.74) is 0. The third-order valence-electron chi connectivity index (χ3n) is 1.87. The molecular formula is C10H19LiO4S. The Balaban J connectivity index is 0. The van der Waals surface area contributed by atoms with Crippen molar-refractivity contribution in [2.45, 2.75) is 39.0 Å². The molecule has 0 bridgehead atoms. The molecule has 0 aliphatic heterocycles. The van der Waals surface area contributed by atoms with Crippen LogP contribution in [0.4, 0.5) is 0 Å². The van der Waals surface area contributed by atoms with Gasteiger partial charge in [0, 0.05) is 6.08 Å². The van der Waals surface area contributed by atoms with Crippen LogP contribution in [-0.4, -0.2) is 39.0 Å². The van der Waals surface area contributed by atoms with Gasteiger partial charge in [-0.3, -0.25) is 0 Å². The van der Waals surface area contributed by atoms with E-state index < -0.39 is 16.1 Å². The van der Waals surface area contributed by atoms with Gasteiger partial charge < -0.3 is 4.18 Å². The standard InChI is InChI=1S/C10H18O4S.Li.H/c1-3-5-6-7-8-9-15(12,13)14-10(11)4-2;;/h4H,2-3,5-9H2,1H3;;. The van der Waals surface area contributed by atoms with Crippen molar-refractivity contribution in [3.63, 3.8) is 0 Å². The summed E-state index contributed by atoms with van der Waals surface area (Å²) >= 11 is 0. The van der Waals surface area contributed by atoms with Gasteiger partial charge in [-0.1, -0.05) is 39.2 Å². The molecule has 0 saturated heterocycles. The molecule has 0 fully saturated rings. The first-order valence-corrected chi connectivity index (χ1v) is 6.68. The molecule has 0 aromatic heterocycles. The summed E-state index contributed by atoms with van der Waals surface area (Å²) in [5, 5.41) is 0. The zero-order valence-corrected chi connectivity index (χ0v) is 9.88. The third kappa shape index (κ3) is 10.3. The van der Waals surface area contributed by atoms with Crippen LogP contribution in [0, 0.1) is 0 Å². The van der Waals surface area contributed by atoms with Crippen molar-refractivity contribution in [3.8, 4) is 0 Å². The normalized spacial score (nSPS) is 10.3. The Morgan fingerprint density at radius 2 is 1.81 bits per heavy atom. The molecule has 0 amide bonds. The molecule has 0 radical (unpaired) electrons. The van der Waals surface area contributed by atoms with Gasteiger partial charge in [-0.15, -0.1) is 0 Å². The molecule has 0 aromatic carbocycles. The van der Waals surface area contributed by atoms with E-state index >= 15 is 0 Å². The summed E-state index contributed by atoms with van der Waals surface area (Å²) in [5.74, 6) is -1.01. The summed E-state index contributed by atoms with van der Waals surface area (Å²) in [6, 6.07) is 0. The van der Waals surface area contributed by atoms with Gasteiger partial charge in [0.05, 0.1) is 5.75 Å². The molecule has 0 aliphatic carbocycles. The van der Waals surface area contributed by atoms with E-state index in [2.05, 4.69) is 17.7 Å². The average molecular weight is 242 g/mol. The molecule has 16 heavy (non-hydrogen) atoms. The van der Waals surface area contributed by atoms with Crippen molar-refractivity contribution in [2.75, 3.05) is 5.75 Å². The summed E-state index contributed by atoms with van der Waals surface area (Å²) in [7, 11) is -3.70. The van der Waals surface area contributed by atoms with E-state index in [4.69, 9.17) is 0 Å². The van der Waals surface area contributed by atoms with Gasteiger partial charge in [-0.2, -0.15) is 8.42 Å². The predicted octanol–water partition coefficient (Wildman–Crippen LogP) is 1.37. The number of carbonyl (C=O) groups is 1. The van der Waals surface area contributed by atoms with Gasteiger partial charge in [-0.05, 0) is 6.42 Å². The first kappa shape index (κ1) is 18.1. The Hall–Kier alpha value is -0.243. The number of carbonyl (C=O) groups excluding carboxylic acids is 1. The molecular weight excluding hydrogens is 223 g/mol. The number of hydrogen-bond donors (Lipinski definition) is 0. The molecule has 0 spiro atoms. The van der Waals surface area contributed by atoms with E-state index in [-0.39, 0.29) is 24.6 Å². The van der Waals surface area contributed by atoms with Gasteiger partial charge in [0.2, 0.25) is 0 Å². The van der Waals surface area contributed by atoms with Crippen molar-refractivity contribution in [3.05, 3.63) is 12.7 Å². The summed E-state index contributed by atoms with van der Waals surface area (Å²) in [6.45, 7) is 5.21. The minimum atomic E-state index is -3.70. The number of unbranched alkanes of at least 4 members (excludes halogenated alkanes) is 4. The summed E-state index contributed by atoms with van der Waals surface area (Å²) in [4.78, 5) is 10.6. The molecule has 0 heterocycles. The van der Waals surface area contributed by atoms with Crippen molar-refractivity contribution in [2.24, 2.45) is 0 Å². The van der Waals surface area contributed by atoms with Crippen LogP contribution in [-0.2, 0) is 19.1 Å². The van der Waals surface area contributed by atoms with Gasteiger partial charge in [-0.25, -0.2) is 4.79 Å². The molecule has 0 saturated carbocycles. The minimum absolute atomic E-state index is 0. The van der Waals surface area contributed by atoms with Gasteiger partial charge >= 0.3 is 34.9 Å². The SMILES string of the molecule is C=CC(=O)OS(=O)(=O)CCCCCCC.[LiH]. The van der Waals surface area contributed by atoms with Crippen molar-refractivity contribution in [1.29, 1.82) is 0 Å². The molecule has 0 atom stereocenters. The summed E-state index contributed by atoms with van der Waals surface area (Å²) < 4.78 is 26.5. The second-order valence-electron chi connectivity index (χ2n) is 3.28. The number of rotatable bonds is 8. The van der Waals surface area contributed by atoms with Crippen LogP contribution >= 0.6 is 0 Å². The van der Waals surface area contributed by atoms with Crippen LogP contribution in [0.15, 0.2) is 12.7 Å². The van der Waals surface area contributed by atoms with Gasteiger partial charge in [0.25, 0.3) is 0 Å². The average Bonchev–Trinajstić information content (AvgIpc) is 2.16. The van der Waals surface area contributed by atoms with Gasteiger partial charge in [0.1, 0.15) is 0 Å². The predicted molar refractivity (Wildman–Crippen MR) is 66.0 cm³/mol. The quantitative estimate of drug-likeness (QED) is 0.279. The van der Waals surface area contributed by atoms with E-state index in [9.17, 15) is 13.2 Å². The fourth-order valence-electron chi connectivity index (χ4n) is 1.08. The first-order chi connectivity index (χ1) is 7.02. The molecule has 90 valence electrons. The number of hydrogen-bond acceptors (Lipinski definition) is 4. The Kier molecular flexibility index (Phi) is 11.3. The van der Waals surface area contributed by atoms with Crippen LogP contribution in [0.5, 0.6) is 0 Å². The molecule has 4 nitrogen and oxygen atoms in total. The maximum atomic E-state index is 11.1. The Morgan fingerprint density at radius 3 is 2.31 bits per heavy atom. The molecule has 0 aromatic rings.